The van der Waals surface area contributed by atoms with Crippen LogP contribution in [0.4, 0.5) is 17.6 Å². The van der Waals surface area contributed by atoms with Crippen LogP contribution >= 0.6 is 11.6 Å². The van der Waals surface area contributed by atoms with Crippen molar-refractivity contribution in [3.8, 4) is 16.9 Å². The van der Waals surface area contributed by atoms with Crippen molar-refractivity contribution in [3.05, 3.63) is 57.9 Å². The highest BCUT2D eigenvalue weighted by molar-refractivity contribution is 6.31. The van der Waals surface area contributed by atoms with Gasteiger partial charge >= 0.3 is 6.18 Å². The van der Waals surface area contributed by atoms with Crippen molar-refractivity contribution in [2.24, 2.45) is 17.8 Å². The van der Waals surface area contributed by atoms with Gasteiger partial charge in [0.15, 0.2) is 12.0 Å². The number of nitrogens with one attached hydrogen (secondary N) is 3. The summed E-state index contributed by atoms with van der Waals surface area (Å²) < 4.78 is 56.9. The molecule has 3 saturated heterocycles. The van der Waals surface area contributed by atoms with Gasteiger partial charge in [-0.3, -0.25) is 14.7 Å². The van der Waals surface area contributed by atoms with Gasteiger partial charge in [-0.1, -0.05) is 30.2 Å². The lowest BCUT2D eigenvalue weighted by atomic mass is 9.73. The fourth-order valence-corrected chi connectivity index (χ4v) is 7.37. The van der Waals surface area contributed by atoms with Crippen LogP contribution in [0.2, 0.25) is 5.02 Å². The molecule has 0 aliphatic carbocycles. The zero-order chi connectivity index (χ0) is 31.0. The SMILES string of the molecule is C[C@@H]1CCC[C@H](n2cnc(-c3cc(Cl)ccc3-n3cc(C(F)(F)F)nn3)cc2=O)C2CC(CCN2)C2CC(F)NCC2NC1. The number of halogens is 5. The lowest BCUT2D eigenvalue weighted by Crippen LogP contribution is -2.57. The molecule has 0 amide bonds. The number of hydrogen-bond donors (Lipinski definition) is 3. The van der Waals surface area contributed by atoms with E-state index in [1.54, 1.807) is 10.6 Å². The molecule has 2 aromatic heterocycles. The van der Waals surface area contributed by atoms with E-state index in [0.717, 1.165) is 56.1 Å². The van der Waals surface area contributed by atoms with Crippen molar-refractivity contribution in [1.29, 1.82) is 0 Å². The summed E-state index contributed by atoms with van der Waals surface area (Å²) in [6, 6.07) is 6.06. The van der Waals surface area contributed by atoms with E-state index in [9.17, 15) is 22.4 Å². The van der Waals surface area contributed by atoms with Crippen molar-refractivity contribution in [2.45, 2.75) is 76.0 Å². The second-order valence-electron chi connectivity index (χ2n) is 12.5. The molecule has 3 aromatic rings. The van der Waals surface area contributed by atoms with Gasteiger partial charge in [0.05, 0.1) is 29.9 Å². The zero-order valence-electron chi connectivity index (χ0n) is 24.4. The second kappa shape index (κ2) is 12.9. The third kappa shape index (κ3) is 6.70. The van der Waals surface area contributed by atoms with Crippen molar-refractivity contribution in [1.82, 2.24) is 40.5 Å². The molecule has 0 spiro atoms. The molecule has 0 saturated carbocycles. The van der Waals surface area contributed by atoms with Crippen molar-refractivity contribution in [2.75, 3.05) is 19.6 Å². The fourth-order valence-electron chi connectivity index (χ4n) is 7.20. The van der Waals surface area contributed by atoms with Crippen LogP contribution in [0.5, 0.6) is 0 Å². The molecular weight excluding hydrogens is 600 g/mol. The molecule has 0 radical (unpaired) electrons. The summed E-state index contributed by atoms with van der Waals surface area (Å²) in [6.07, 6.45) is 1.60. The molecule has 6 rings (SSSR count). The molecule has 14 heteroatoms. The third-order valence-corrected chi connectivity index (χ3v) is 9.72. The summed E-state index contributed by atoms with van der Waals surface area (Å²) in [5.41, 5.74) is -0.522. The first-order chi connectivity index (χ1) is 21.1. The maximum absolute atomic E-state index is 14.5. The van der Waals surface area contributed by atoms with Crippen LogP contribution in [0, 0.1) is 17.8 Å². The van der Waals surface area contributed by atoms with E-state index in [0.29, 0.717) is 35.4 Å². The van der Waals surface area contributed by atoms with Gasteiger partial charge < -0.3 is 10.6 Å². The number of piperidine rings is 2. The molecule has 1 aromatic carbocycles. The van der Waals surface area contributed by atoms with Crippen LogP contribution in [0.1, 0.15) is 57.2 Å². The minimum atomic E-state index is -4.65. The predicted molar refractivity (Wildman–Crippen MR) is 158 cm³/mol. The monoisotopic (exact) mass is 636 g/mol. The quantitative estimate of drug-likeness (QED) is 0.282. The van der Waals surface area contributed by atoms with Crippen LogP contribution < -0.4 is 21.5 Å². The average molecular weight is 637 g/mol. The van der Waals surface area contributed by atoms with E-state index in [1.807, 2.05) is 0 Å². The Morgan fingerprint density at radius 3 is 2.64 bits per heavy atom. The Labute approximate surface area is 257 Å². The Balaban J connectivity index is 1.32. The van der Waals surface area contributed by atoms with Gasteiger partial charge in [-0.15, -0.1) is 5.10 Å². The van der Waals surface area contributed by atoms with Gasteiger partial charge in [0.25, 0.3) is 5.56 Å². The topological polar surface area (TPSA) is 102 Å². The molecule has 44 heavy (non-hydrogen) atoms. The van der Waals surface area contributed by atoms with Gasteiger partial charge in [0.2, 0.25) is 0 Å². The van der Waals surface area contributed by atoms with Crippen LogP contribution in [0.3, 0.4) is 0 Å². The van der Waals surface area contributed by atoms with Crippen molar-refractivity contribution >= 4 is 11.6 Å². The first kappa shape index (κ1) is 31.1. The largest absolute Gasteiger partial charge is 0.436 e. The third-order valence-electron chi connectivity index (χ3n) is 9.49. The van der Waals surface area contributed by atoms with E-state index in [1.165, 1.54) is 24.5 Å². The minimum absolute atomic E-state index is 0.0140. The summed E-state index contributed by atoms with van der Waals surface area (Å²) >= 11 is 6.26. The maximum atomic E-state index is 14.5. The van der Waals surface area contributed by atoms with E-state index < -0.39 is 18.2 Å². The molecule has 238 valence electrons. The minimum Gasteiger partial charge on any atom is -0.312 e. The Morgan fingerprint density at radius 1 is 1.02 bits per heavy atom. The number of benzene rings is 1. The van der Waals surface area contributed by atoms with Gasteiger partial charge in [-0.05, 0) is 81.1 Å². The van der Waals surface area contributed by atoms with Crippen LogP contribution in [0.15, 0.2) is 41.6 Å². The maximum Gasteiger partial charge on any atom is 0.436 e. The average Bonchev–Trinajstić information content (AvgIpc) is 3.50. The Hall–Kier alpha value is -2.87. The molecule has 3 N–H and O–H groups in total. The normalized spacial score (nSPS) is 30.2. The van der Waals surface area contributed by atoms with Gasteiger partial charge in [-0.2, -0.15) is 13.2 Å². The van der Waals surface area contributed by atoms with E-state index in [4.69, 9.17) is 11.6 Å². The molecule has 7 atom stereocenters. The molecule has 3 aliphatic rings. The summed E-state index contributed by atoms with van der Waals surface area (Å²) in [4.78, 5) is 18.4. The number of aromatic nitrogens is 5. The summed E-state index contributed by atoms with van der Waals surface area (Å²) in [6.45, 7) is 4.49. The van der Waals surface area contributed by atoms with Crippen molar-refractivity contribution in [3.63, 3.8) is 0 Å². The molecule has 5 unspecified atom stereocenters. The first-order valence-electron chi connectivity index (χ1n) is 15.3. The smallest absolute Gasteiger partial charge is 0.312 e. The molecule has 5 heterocycles. The summed E-state index contributed by atoms with van der Waals surface area (Å²) in [5.74, 6) is 0.952. The van der Waals surface area contributed by atoms with Crippen molar-refractivity contribution < 1.29 is 17.6 Å². The number of fused-ring (bicyclic) bond motifs is 4. The standard InChI is InChI=1S/C30H37ClF4N8O/c1-17-3-2-4-26(23-9-18(7-8-36-23)20-11-28(32)38-14-24(20)37-13-17)42-16-39-22(12-29(42)44)21-10-19(31)5-6-25(21)43-15-27(40-41-43)30(33,34)35/h5-6,10,12,15-18,20,23-24,26,28,36-38H,2-4,7-9,11,13-14H2,1H3/t17-,18?,20?,23?,24?,26+,28?/m1/s1. The van der Waals surface area contributed by atoms with Crippen LogP contribution in [0.25, 0.3) is 16.9 Å². The van der Waals surface area contributed by atoms with E-state index in [-0.39, 0.29) is 41.0 Å². The van der Waals surface area contributed by atoms with Gasteiger partial charge in [0, 0.05) is 35.3 Å². The summed E-state index contributed by atoms with van der Waals surface area (Å²) in [7, 11) is 0. The van der Waals surface area contributed by atoms with Gasteiger partial charge in [0.1, 0.15) is 0 Å². The highest BCUT2D eigenvalue weighted by atomic mass is 35.5. The molecule has 3 fully saturated rings. The number of hydrogen-bond acceptors (Lipinski definition) is 7. The number of nitrogens with zero attached hydrogens (tertiary/aromatic N) is 5. The lowest BCUT2D eigenvalue weighted by molar-refractivity contribution is -0.141. The highest BCUT2D eigenvalue weighted by Gasteiger charge is 2.40. The summed E-state index contributed by atoms with van der Waals surface area (Å²) in [5, 5.41) is 17.6. The van der Waals surface area contributed by atoms with E-state index >= 15 is 0 Å². The first-order valence-corrected chi connectivity index (χ1v) is 15.7. The van der Waals surface area contributed by atoms with Crippen LogP contribution in [-0.4, -0.2) is 62.6 Å². The zero-order valence-corrected chi connectivity index (χ0v) is 25.2. The molecular formula is C30H37ClF4N8O. The molecule has 3 aliphatic heterocycles. The Bertz CT molecular complexity index is 1510. The molecule has 9 nitrogen and oxygen atoms in total. The number of rotatable bonds is 3. The second-order valence-corrected chi connectivity index (χ2v) is 12.9. The Morgan fingerprint density at radius 2 is 1.86 bits per heavy atom. The molecule has 2 bridgehead atoms. The fraction of sp³-hybridized carbons (Fsp3) is 0.600. The highest BCUT2D eigenvalue weighted by Crippen LogP contribution is 2.37. The van der Waals surface area contributed by atoms with Gasteiger partial charge in [-0.25, -0.2) is 14.1 Å². The Kier molecular flexibility index (Phi) is 9.10. The van der Waals surface area contributed by atoms with E-state index in [2.05, 4.69) is 38.2 Å². The van der Waals surface area contributed by atoms with Crippen LogP contribution in [-0.2, 0) is 6.18 Å². The predicted octanol–water partition coefficient (Wildman–Crippen LogP) is 4.76. The lowest BCUT2D eigenvalue weighted by Gasteiger charge is -2.45. The number of alkyl halides is 4.